The van der Waals surface area contributed by atoms with E-state index in [-0.39, 0.29) is 0 Å². The molecule has 0 aromatic heterocycles. The molecular formula is C11H16ClNO. The molecule has 3 heteroatoms. The normalized spacial score (nSPS) is 10.0. The smallest absolute Gasteiger partial charge is 0.138 e. The van der Waals surface area contributed by atoms with Crippen LogP contribution in [-0.4, -0.2) is 13.2 Å². The third-order valence-electron chi connectivity index (χ3n) is 1.95. The summed E-state index contributed by atoms with van der Waals surface area (Å²) in [5.74, 6) is 0.758. The molecule has 14 heavy (non-hydrogen) atoms. The zero-order valence-electron chi connectivity index (χ0n) is 8.86. The molecule has 0 aliphatic rings. The lowest BCUT2D eigenvalue weighted by atomic mass is 10.2. The molecule has 0 heterocycles. The molecule has 78 valence electrons. The van der Waals surface area contributed by atoms with Gasteiger partial charge in [0, 0.05) is 12.2 Å². The Bertz CT molecular complexity index is 281. The van der Waals surface area contributed by atoms with Gasteiger partial charge < -0.3 is 10.1 Å². The van der Waals surface area contributed by atoms with Gasteiger partial charge >= 0.3 is 0 Å². The highest BCUT2D eigenvalue weighted by atomic mass is 35.5. The van der Waals surface area contributed by atoms with Gasteiger partial charge in [0.1, 0.15) is 5.75 Å². The molecule has 0 unspecified atom stereocenters. The van der Waals surface area contributed by atoms with Gasteiger partial charge in [-0.25, -0.2) is 0 Å². The van der Waals surface area contributed by atoms with Crippen molar-refractivity contribution in [2.75, 3.05) is 18.5 Å². The second-order valence-corrected chi connectivity index (χ2v) is 3.47. The summed E-state index contributed by atoms with van der Waals surface area (Å²) >= 11 is 6.05. The fraction of sp³-hybridized carbons (Fsp3) is 0.455. The first-order valence-electron chi connectivity index (χ1n) is 4.85. The van der Waals surface area contributed by atoms with E-state index in [1.54, 1.807) is 0 Å². The van der Waals surface area contributed by atoms with Crippen molar-refractivity contribution in [2.24, 2.45) is 0 Å². The topological polar surface area (TPSA) is 21.3 Å². The van der Waals surface area contributed by atoms with Crippen molar-refractivity contribution in [1.29, 1.82) is 0 Å². The van der Waals surface area contributed by atoms with Crippen LogP contribution in [0.5, 0.6) is 5.75 Å². The van der Waals surface area contributed by atoms with Gasteiger partial charge in [0.05, 0.1) is 11.6 Å². The van der Waals surface area contributed by atoms with Crippen molar-refractivity contribution in [2.45, 2.75) is 20.8 Å². The maximum Gasteiger partial charge on any atom is 0.138 e. The summed E-state index contributed by atoms with van der Waals surface area (Å²) in [6, 6.07) is 3.87. The minimum absolute atomic E-state index is 0.639. The molecule has 0 aliphatic carbocycles. The molecule has 1 rings (SSSR count). The minimum atomic E-state index is 0.639. The van der Waals surface area contributed by atoms with Crippen molar-refractivity contribution < 1.29 is 4.74 Å². The number of benzene rings is 1. The van der Waals surface area contributed by atoms with Gasteiger partial charge in [0.2, 0.25) is 0 Å². The molecule has 0 saturated carbocycles. The predicted molar refractivity (Wildman–Crippen MR) is 61.5 cm³/mol. The average molecular weight is 214 g/mol. The Morgan fingerprint density at radius 2 is 2.07 bits per heavy atom. The highest BCUT2D eigenvalue weighted by molar-refractivity contribution is 6.32. The van der Waals surface area contributed by atoms with E-state index in [0.717, 1.165) is 23.5 Å². The van der Waals surface area contributed by atoms with E-state index >= 15 is 0 Å². The van der Waals surface area contributed by atoms with E-state index in [9.17, 15) is 0 Å². The maximum atomic E-state index is 6.05. The molecule has 0 spiro atoms. The molecule has 1 aromatic carbocycles. The van der Waals surface area contributed by atoms with Crippen LogP contribution in [0, 0.1) is 6.92 Å². The number of ether oxygens (including phenoxy) is 1. The van der Waals surface area contributed by atoms with Crippen LogP contribution < -0.4 is 10.1 Å². The van der Waals surface area contributed by atoms with Crippen LogP contribution in [0.4, 0.5) is 5.69 Å². The number of rotatable bonds is 4. The molecule has 2 nitrogen and oxygen atoms in total. The van der Waals surface area contributed by atoms with Crippen LogP contribution in [0.3, 0.4) is 0 Å². The summed E-state index contributed by atoms with van der Waals surface area (Å²) in [5.41, 5.74) is 2.22. The van der Waals surface area contributed by atoms with Crippen molar-refractivity contribution in [3.8, 4) is 5.75 Å². The molecule has 1 N–H and O–H groups in total. The summed E-state index contributed by atoms with van der Waals surface area (Å²) in [6.07, 6.45) is 0. The van der Waals surface area contributed by atoms with Crippen LogP contribution in [0.25, 0.3) is 0 Å². The van der Waals surface area contributed by atoms with E-state index in [0.29, 0.717) is 11.6 Å². The monoisotopic (exact) mass is 213 g/mol. The van der Waals surface area contributed by atoms with Gasteiger partial charge in [-0.3, -0.25) is 0 Å². The molecular weight excluding hydrogens is 198 g/mol. The van der Waals surface area contributed by atoms with Crippen LogP contribution in [0.2, 0.25) is 5.02 Å². The number of hydrogen-bond acceptors (Lipinski definition) is 2. The summed E-state index contributed by atoms with van der Waals surface area (Å²) in [6.45, 7) is 7.58. The van der Waals surface area contributed by atoms with E-state index in [1.807, 2.05) is 26.0 Å². The SMILES string of the molecule is CCNc1cc(Cl)c(OCC)cc1C. The molecule has 0 saturated heterocycles. The number of halogens is 1. The number of anilines is 1. The summed E-state index contributed by atoms with van der Waals surface area (Å²) in [4.78, 5) is 0. The second kappa shape index (κ2) is 5.11. The molecule has 0 aliphatic heterocycles. The lowest BCUT2D eigenvalue weighted by molar-refractivity contribution is 0.340. The van der Waals surface area contributed by atoms with E-state index in [4.69, 9.17) is 16.3 Å². The van der Waals surface area contributed by atoms with Gasteiger partial charge in [-0.2, -0.15) is 0 Å². The van der Waals surface area contributed by atoms with E-state index < -0.39 is 0 Å². The largest absolute Gasteiger partial charge is 0.492 e. The Balaban J connectivity index is 2.97. The summed E-state index contributed by atoms with van der Waals surface area (Å²) in [5, 5.41) is 3.91. The van der Waals surface area contributed by atoms with Crippen LogP contribution >= 0.6 is 11.6 Å². The molecule has 0 amide bonds. The maximum absolute atomic E-state index is 6.05. The van der Waals surface area contributed by atoms with Crippen LogP contribution in [0.1, 0.15) is 19.4 Å². The van der Waals surface area contributed by atoms with Crippen molar-refractivity contribution in [3.05, 3.63) is 22.7 Å². The van der Waals surface area contributed by atoms with Gasteiger partial charge in [0.25, 0.3) is 0 Å². The standard InChI is InChI=1S/C11H16ClNO/c1-4-13-10-7-9(12)11(14-5-2)6-8(10)3/h6-7,13H,4-5H2,1-3H3. The Labute approximate surface area is 90.2 Å². The van der Waals surface area contributed by atoms with Crippen molar-refractivity contribution >= 4 is 17.3 Å². The predicted octanol–water partition coefficient (Wildman–Crippen LogP) is 3.48. The average Bonchev–Trinajstić information content (AvgIpc) is 2.14. The highest BCUT2D eigenvalue weighted by Gasteiger charge is 2.05. The second-order valence-electron chi connectivity index (χ2n) is 3.06. The first kappa shape index (κ1) is 11.2. The molecule has 0 fully saturated rings. The first-order chi connectivity index (χ1) is 6.69. The number of hydrogen-bond donors (Lipinski definition) is 1. The molecule has 1 aromatic rings. The Morgan fingerprint density at radius 3 is 2.64 bits per heavy atom. The number of nitrogens with one attached hydrogen (secondary N) is 1. The lowest BCUT2D eigenvalue weighted by Gasteiger charge is -2.11. The lowest BCUT2D eigenvalue weighted by Crippen LogP contribution is -2.00. The van der Waals surface area contributed by atoms with Crippen molar-refractivity contribution in [3.63, 3.8) is 0 Å². The molecule has 0 bridgehead atoms. The van der Waals surface area contributed by atoms with Crippen molar-refractivity contribution in [1.82, 2.24) is 0 Å². The first-order valence-corrected chi connectivity index (χ1v) is 5.23. The van der Waals surface area contributed by atoms with Gasteiger partial charge in [-0.05, 0) is 38.5 Å². The number of aryl methyl sites for hydroxylation is 1. The highest BCUT2D eigenvalue weighted by Crippen LogP contribution is 2.30. The third-order valence-corrected chi connectivity index (χ3v) is 2.24. The van der Waals surface area contributed by atoms with Gasteiger partial charge in [0.15, 0.2) is 0 Å². The Hall–Kier alpha value is -0.890. The fourth-order valence-electron chi connectivity index (χ4n) is 1.30. The Morgan fingerprint density at radius 1 is 1.36 bits per heavy atom. The third kappa shape index (κ3) is 2.55. The Kier molecular flexibility index (Phi) is 4.08. The molecule has 0 radical (unpaired) electrons. The summed E-state index contributed by atoms with van der Waals surface area (Å²) < 4.78 is 5.39. The van der Waals surface area contributed by atoms with Gasteiger partial charge in [-0.1, -0.05) is 11.6 Å². The van der Waals surface area contributed by atoms with Gasteiger partial charge in [-0.15, -0.1) is 0 Å². The molecule has 0 atom stereocenters. The zero-order valence-corrected chi connectivity index (χ0v) is 9.61. The zero-order chi connectivity index (χ0) is 10.6. The summed E-state index contributed by atoms with van der Waals surface area (Å²) in [7, 11) is 0. The van der Waals surface area contributed by atoms with E-state index in [1.165, 1.54) is 0 Å². The van der Waals surface area contributed by atoms with Crippen LogP contribution in [0.15, 0.2) is 12.1 Å². The minimum Gasteiger partial charge on any atom is -0.492 e. The quantitative estimate of drug-likeness (QED) is 0.827. The van der Waals surface area contributed by atoms with E-state index in [2.05, 4.69) is 12.2 Å². The fourth-order valence-corrected chi connectivity index (χ4v) is 1.52. The van der Waals surface area contributed by atoms with Crippen LogP contribution in [-0.2, 0) is 0 Å².